The van der Waals surface area contributed by atoms with Crippen LogP contribution in [0.2, 0.25) is 0 Å². The van der Waals surface area contributed by atoms with Gasteiger partial charge in [-0.3, -0.25) is 0 Å². The van der Waals surface area contributed by atoms with E-state index in [9.17, 15) is 9.90 Å². The number of aryl methyl sites for hydroxylation is 1. The van der Waals surface area contributed by atoms with Crippen LogP contribution in [-0.2, 0) is 6.42 Å². The third-order valence-electron chi connectivity index (χ3n) is 4.33. The fourth-order valence-corrected chi connectivity index (χ4v) is 2.74. The Labute approximate surface area is 131 Å². The molecular weight excluding hydrogens is 280 g/mol. The molecular formula is C17H26N2O3. The number of aromatic hydroxyl groups is 1. The van der Waals surface area contributed by atoms with E-state index in [0.717, 1.165) is 44.3 Å². The zero-order valence-electron chi connectivity index (χ0n) is 13.2. The molecule has 1 atom stereocenters. The molecule has 1 saturated heterocycles. The van der Waals surface area contributed by atoms with Gasteiger partial charge >= 0.3 is 6.03 Å². The molecule has 1 heterocycles. The fraction of sp³-hybridized carbons (Fsp3) is 0.588. The zero-order chi connectivity index (χ0) is 15.9. The van der Waals surface area contributed by atoms with Crippen LogP contribution in [0.15, 0.2) is 24.3 Å². The fourth-order valence-electron chi connectivity index (χ4n) is 2.74. The largest absolute Gasteiger partial charge is 0.508 e. The van der Waals surface area contributed by atoms with Crippen molar-refractivity contribution in [2.24, 2.45) is 5.92 Å². The second kappa shape index (κ2) is 8.03. The zero-order valence-corrected chi connectivity index (χ0v) is 13.2. The molecule has 0 saturated carbocycles. The highest BCUT2D eigenvalue weighted by molar-refractivity contribution is 5.74. The average Bonchev–Trinajstić information content (AvgIpc) is 2.54. The minimum atomic E-state index is -0.00500. The highest BCUT2D eigenvalue weighted by Crippen LogP contribution is 2.16. The summed E-state index contributed by atoms with van der Waals surface area (Å²) in [5.41, 5.74) is 1.16. The monoisotopic (exact) mass is 306 g/mol. The Hall–Kier alpha value is -1.75. The summed E-state index contributed by atoms with van der Waals surface area (Å²) in [6, 6.07) is 7.28. The molecule has 5 heteroatoms. The van der Waals surface area contributed by atoms with Crippen molar-refractivity contribution in [2.45, 2.75) is 38.6 Å². The van der Waals surface area contributed by atoms with Gasteiger partial charge in [-0.25, -0.2) is 4.79 Å². The number of nitrogens with one attached hydrogen (secondary N) is 1. The topological polar surface area (TPSA) is 72.8 Å². The number of nitrogens with zero attached hydrogens (tertiary/aromatic N) is 1. The molecule has 1 fully saturated rings. The predicted molar refractivity (Wildman–Crippen MR) is 85.8 cm³/mol. The van der Waals surface area contributed by atoms with E-state index in [2.05, 4.69) is 5.32 Å². The summed E-state index contributed by atoms with van der Waals surface area (Å²) in [5.74, 6) is 0.618. The maximum Gasteiger partial charge on any atom is 0.317 e. The van der Waals surface area contributed by atoms with Gasteiger partial charge in [0.25, 0.3) is 0 Å². The highest BCUT2D eigenvalue weighted by Gasteiger charge is 2.22. The SMILES string of the molecule is CC(CCc1ccc(O)cc1)NC(=O)N1CCC(CO)CC1. The summed E-state index contributed by atoms with van der Waals surface area (Å²) in [6.07, 6.45) is 3.50. The lowest BCUT2D eigenvalue weighted by molar-refractivity contribution is 0.135. The van der Waals surface area contributed by atoms with Crippen molar-refractivity contribution in [2.75, 3.05) is 19.7 Å². The van der Waals surface area contributed by atoms with Gasteiger partial charge in [-0.15, -0.1) is 0 Å². The number of aliphatic hydroxyl groups is 1. The van der Waals surface area contributed by atoms with Crippen LogP contribution >= 0.6 is 0 Å². The van der Waals surface area contributed by atoms with Crippen molar-refractivity contribution in [3.05, 3.63) is 29.8 Å². The lowest BCUT2D eigenvalue weighted by atomic mass is 9.98. The number of phenolic OH excluding ortho intramolecular Hbond substituents is 1. The smallest absolute Gasteiger partial charge is 0.317 e. The molecule has 0 bridgehead atoms. The second-order valence-electron chi connectivity index (χ2n) is 6.17. The van der Waals surface area contributed by atoms with Crippen molar-refractivity contribution >= 4 is 6.03 Å². The van der Waals surface area contributed by atoms with Crippen molar-refractivity contribution in [1.29, 1.82) is 0 Å². The minimum absolute atomic E-state index is 0.00500. The van der Waals surface area contributed by atoms with Crippen LogP contribution < -0.4 is 5.32 Å². The molecule has 1 aliphatic rings. The number of benzene rings is 1. The lowest BCUT2D eigenvalue weighted by Gasteiger charge is -2.32. The highest BCUT2D eigenvalue weighted by atomic mass is 16.3. The quantitative estimate of drug-likeness (QED) is 0.780. The number of aliphatic hydroxyl groups excluding tert-OH is 1. The van der Waals surface area contributed by atoms with Crippen LogP contribution in [0.3, 0.4) is 0 Å². The Morgan fingerprint density at radius 1 is 1.32 bits per heavy atom. The van der Waals surface area contributed by atoms with E-state index >= 15 is 0 Å². The van der Waals surface area contributed by atoms with Crippen LogP contribution in [0.1, 0.15) is 31.7 Å². The van der Waals surface area contributed by atoms with Gasteiger partial charge in [0.1, 0.15) is 5.75 Å². The number of rotatable bonds is 5. The Kier molecular flexibility index (Phi) is 6.07. The molecule has 2 amide bonds. The summed E-state index contributed by atoms with van der Waals surface area (Å²) in [6.45, 7) is 3.68. The first-order valence-electron chi connectivity index (χ1n) is 8.02. The average molecular weight is 306 g/mol. The molecule has 1 aliphatic heterocycles. The molecule has 0 spiro atoms. The Balaban J connectivity index is 1.71. The van der Waals surface area contributed by atoms with Crippen molar-refractivity contribution in [3.63, 3.8) is 0 Å². The summed E-state index contributed by atoms with van der Waals surface area (Å²) < 4.78 is 0. The Morgan fingerprint density at radius 3 is 2.55 bits per heavy atom. The third-order valence-corrected chi connectivity index (χ3v) is 4.33. The molecule has 122 valence electrons. The van der Waals surface area contributed by atoms with E-state index in [-0.39, 0.29) is 24.4 Å². The van der Waals surface area contributed by atoms with Crippen LogP contribution in [-0.4, -0.2) is 46.9 Å². The van der Waals surface area contributed by atoms with E-state index in [0.29, 0.717) is 5.92 Å². The van der Waals surface area contributed by atoms with Gasteiger partial charge in [-0.05, 0) is 56.2 Å². The van der Waals surface area contributed by atoms with Crippen molar-refractivity contribution in [1.82, 2.24) is 10.2 Å². The molecule has 0 aliphatic carbocycles. The summed E-state index contributed by atoms with van der Waals surface area (Å²) >= 11 is 0. The van der Waals surface area contributed by atoms with Crippen LogP contribution in [0.25, 0.3) is 0 Å². The molecule has 22 heavy (non-hydrogen) atoms. The molecule has 5 nitrogen and oxygen atoms in total. The molecule has 1 aromatic carbocycles. The Morgan fingerprint density at radius 2 is 1.95 bits per heavy atom. The van der Waals surface area contributed by atoms with Gasteiger partial charge < -0.3 is 20.4 Å². The van der Waals surface area contributed by atoms with E-state index in [1.54, 1.807) is 12.1 Å². The van der Waals surface area contributed by atoms with E-state index in [4.69, 9.17) is 5.11 Å². The first kappa shape index (κ1) is 16.6. The molecule has 2 rings (SSSR count). The minimum Gasteiger partial charge on any atom is -0.508 e. The maximum atomic E-state index is 12.2. The first-order chi connectivity index (χ1) is 10.6. The number of hydrogen-bond donors (Lipinski definition) is 3. The van der Waals surface area contributed by atoms with Crippen molar-refractivity contribution in [3.8, 4) is 5.75 Å². The van der Waals surface area contributed by atoms with Crippen molar-refractivity contribution < 1.29 is 15.0 Å². The summed E-state index contributed by atoms with van der Waals surface area (Å²) in [5, 5.41) is 21.4. The van der Waals surface area contributed by atoms with E-state index in [1.165, 1.54) is 0 Å². The van der Waals surface area contributed by atoms with Gasteiger partial charge in [-0.2, -0.15) is 0 Å². The van der Waals surface area contributed by atoms with Crippen LogP contribution in [0.5, 0.6) is 5.75 Å². The third kappa shape index (κ3) is 4.91. The Bertz CT molecular complexity index is 467. The molecule has 0 radical (unpaired) electrons. The summed E-state index contributed by atoms with van der Waals surface area (Å²) in [4.78, 5) is 14.0. The summed E-state index contributed by atoms with van der Waals surface area (Å²) in [7, 11) is 0. The van der Waals surface area contributed by atoms with Gasteiger partial charge in [0.05, 0.1) is 0 Å². The van der Waals surface area contributed by atoms with E-state index in [1.807, 2.05) is 24.0 Å². The lowest BCUT2D eigenvalue weighted by Crippen LogP contribution is -2.47. The normalized spacial score (nSPS) is 17.3. The van der Waals surface area contributed by atoms with Crippen LogP contribution in [0, 0.1) is 5.92 Å². The first-order valence-corrected chi connectivity index (χ1v) is 8.02. The number of amides is 2. The number of piperidine rings is 1. The second-order valence-corrected chi connectivity index (χ2v) is 6.17. The predicted octanol–water partition coefficient (Wildman–Crippen LogP) is 2.13. The number of urea groups is 1. The van der Waals surface area contributed by atoms with Gasteiger partial charge in [0.2, 0.25) is 0 Å². The van der Waals surface area contributed by atoms with Gasteiger partial charge in [0.15, 0.2) is 0 Å². The maximum absolute atomic E-state index is 12.2. The standard InChI is InChI=1S/C17H26N2O3/c1-13(2-3-14-4-6-16(21)7-5-14)18-17(22)19-10-8-15(12-20)9-11-19/h4-7,13,15,20-21H,2-3,8-12H2,1H3,(H,18,22). The molecule has 1 aromatic rings. The number of carbonyl (C=O) groups excluding carboxylic acids is 1. The molecule has 3 N–H and O–H groups in total. The van der Waals surface area contributed by atoms with Crippen LogP contribution in [0.4, 0.5) is 4.79 Å². The number of carbonyl (C=O) groups is 1. The van der Waals surface area contributed by atoms with E-state index < -0.39 is 0 Å². The van der Waals surface area contributed by atoms with Gasteiger partial charge in [-0.1, -0.05) is 12.1 Å². The number of likely N-dealkylation sites (tertiary alicyclic amines) is 1. The number of hydrogen-bond acceptors (Lipinski definition) is 3. The molecule has 1 unspecified atom stereocenters. The molecule has 0 aromatic heterocycles. The number of phenols is 1. The van der Waals surface area contributed by atoms with Gasteiger partial charge in [0, 0.05) is 25.7 Å².